The molecule has 0 N–H and O–H groups in total. The molecule has 0 heteroatoms. The van der Waals surface area contributed by atoms with Crippen molar-refractivity contribution >= 4 is 0 Å². The van der Waals surface area contributed by atoms with Gasteiger partial charge in [-0.05, 0) is 188 Å². The quantitative estimate of drug-likeness (QED) is 0.442. The zero-order valence-corrected chi connectivity index (χ0v) is 23.3. The van der Waals surface area contributed by atoms with E-state index in [0.29, 0.717) is 0 Å². The van der Waals surface area contributed by atoms with Gasteiger partial charge in [-0.3, -0.25) is 0 Å². The number of benzene rings is 2. The van der Waals surface area contributed by atoms with Crippen molar-refractivity contribution < 1.29 is 0 Å². The molecule has 1 aliphatic rings. The van der Waals surface area contributed by atoms with Crippen LogP contribution in [0.5, 0.6) is 0 Å². The van der Waals surface area contributed by atoms with Crippen molar-refractivity contribution in [1.29, 1.82) is 0 Å². The second-order valence-corrected chi connectivity index (χ2v) is 7.63. The van der Waals surface area contributed by atoms with E-state index in [9.17, 15) is 0 Å². The lowest BCUT2D eigenvalue weighted by atomic mass is 9.79. The first-order chi connectivity index (χ1) is 22.3. The summed E-state index contributed by atoms with van der Waals surface area (Å²) in [7, 11) is 0. The van der Waals surface area contributed by atoms with Gasteiger partial charge >= 0.3 is 0 Å². The van der Waals surface area contributed by atoms with Crippen molar-refractivity contribution in [2.45, 2.75) is 5.41 Å². The Bertz CT molecular complexity index is 2390. The van der Waals surface area contributed by atoms with E-state index in [-0.39, 0.29) is 0 Å². The fraction of sp³-hybridized carbons (Fsp3) is 0.0222. The Morgan fingerprint density at radius 2 is 0.556 bits per heavy atom. The van der Waals surface area contributed by atoms with Crippen LogP contribution < -0.4 is 0 Å². The SMILES string of the molecule is C#CC#CC#CC#CC#CC#CC#CC#CC1(C#CC#CC#CC#CC#CC#CC#CC#C)c2ccccc2-c2ccccc21. The zero-order valence-electron chi connectivity index (χ0n) is 23.3. The van der Waals surface area contributed by atoms with Crippen LogP contribution in [0.25, 0.3) is 11.1 Å². The van der Waals surface area contributed by atoms with E-state index < -0.39 is 5.41 Å². The molecule has 2 aromatic carbocycles. The lowest BCUT2D eigenvalue weighted by molar-refractivity contribution is 0.917. The zero-order chi connectivity index (χ0) is 31.7. The van der Waals surface area contributed by atoms with Gasteiger partial charge in [0.2, 0.25) is 0 Å². The summed E-state index contributed by atoms with van der Waals surface area (Å²) in [5.41, 5.74) is 3.04. The minimum Gasteiger partial charge on any atom is -0.106 e. The highest BCUT2D eigenvalue weighted by Gasteiger charge is 2.40. The molecule has 3 rings (SSSR count). The van der Waals surface area contributed by atoms with Gasteiger partial charge in [0.15, 0.2) is 0 Å². The van der Waals surface area contributed by atoms with Crippen molar-refractivity contribution in [3.8, 4) is 202 Å². The molecule has 0 amide bonds. The van der Waals surface area contributed by atoms with E-state index in [1.807, 2.05) is 48.5 Å². The van der Waals surface area contributed by atoms with Crippen LogP contribution in [0.1, 0.15) is 11.1 Å². The predicted octanol–water partition coefficient (Wildman–Crippen LogP) is 3.27. The van der Waals surface area contributed by atoms with E-state index in [1.54, 1.807) is 0 Å². The van der Waals surface area contributed by atoms with Crippen molar-refractivity contribution in [2.75, 3.05) is 0 Å². The van der Waals surface area contributed by atoms with Gasteiger partial charge in [-0.25, -0.2) is 0 Å². The first-order valence-corrected chi connectivity index (χ1v) is 12.5. The minimum atomic E-state index is -0.945. The van der Waals surface area contributed by atoms with Crippen LogP contribution in [0.15, 0.2) is 48.5 Å². The monoisotopic (exact) mass is 550 g/mol. The fourth-order valence-electron chi connectivity index (χ4n) is 3.55. The van der Waals surface area contributed by atoms with Crippen molar-refractivity contribution in [1.82, 2.24) is 0 Å². The number of hydrogen-bond donors (Lipinski definition) is 0. The van der Waals surface area contributed by atoms with Gasteiger partial charge in [0.05, 0.1) is 0 Å². The third-order valence-corrected chi connectivity index (χ3v) is 5.10. The molecule has 45 heavy (non-hydrogen) atoms. The standard InChI is InChI=1S/C45H10/c1-3-5-7-9-11-13-15-17-19-21-23-25-27-33-39-45(43-37-31-29-35-41(43)42-36-30-32-38-44(42)45)40-34-28-26-24-22-20-18-16-14-12-10-8-6-4-2/h1-2,29-32,35-38H. The van der Waals surface area contributed by atoms with Crippen LogP contribution in [0.2, 0.25) is 0 Å². The van der Waals surface area contributed by atoms with Gasteiger partial charge < -0.3 is 0 Å². The van der Waals surface area contributed by atoms with Crippen LogP contribution in [-0.4, -0.2) is 0 Å². The average Bonchev–Trinajstić information content (AvgIpc) is 3.35. The van der Waals surface area contributed by atoms with Gasteiger partial charge in [0.25, 0.3) is 0 Å². The van der Waals surface area contributed by atoms with Gasteiger partial charge in [-0.1, -0.05) is 60.4 Å². The molecule has 0 fully saturated rings. The third kappa shape index (κ3) is 9.82. The first kappa shape index (κ1) is 30.9. The molecule has 0 atom stereocenters. The number of rotatable bonds is 0. The molecule has 1 aliphatic carbocycles. The Morgan fingerprint density at radius 3 is 0.844 bits per heavy atom. The average molecular weight is 551 g/mol. The molecule has 0 spiro atoms. The molecular formula is C45H10. The Balaban J connectivity index is 1.87. The van der Waals surface area contributed by atoms with Crippen molar-refractivity contribution in [3.05, 3.63) is 59.7 Å². The predicted molar refractivity (Wildman–Crippen MR) is 179 cm³/mol. The van der Waals surface area contributed by atoms with E-state index >= 15 is 0 Å². The maximum Gasteiger partial charge on any atom is 0.145 e. The molecule has 0 unspecified atom stereocenters. The maximum absolute atomic E-state index is 4.99. The van der Waals surface area contributed by atoms with Crippen LogP contribution in [0.4, 0.5) is 0 Å². The third-order valence-electron chi connectivity index (χ3n) is 5.10. The summed E-state index contributed by atoms with van der Waals surface area (Å²) in [5.74, 6) is 77.9. The summed E-state index contributed by atoms with van der Waals surface area (Å²) in [5, 5.41) is 0. The molecule has 0 heterocycles. The second-order valence-electron chi connectivity index (χ2n) is 7.63. The number of terminal acetylenes is 2. The summed E-state index contributed by atoms with van der Waals surface area (Å²) in [6, 6.07) is 16.0. The highest BCUT2D eigenvalue weighted by Crippen LogP contribution is 2.48. The largest absolute Gasteiger partial charge is 0.145 e. The number of fused-ring (bicyclic) bond motifs is 3. The smallest absolute Gasteiger partial charge is 0.106 e. The van der Waals surface area contributed by atoms with Crippen LogP contribution >= 0.6 is 0 Å². The summed E-state index contributed by atoms with van der Waals surface area (Å²) in [6.45, 7) is 0. The summed E-state index contributed by atoms with van der Waals surface area (Å²) < 4.78 is 0. The molecule has 0 bridgehead atoms. The molecule has 0 saturated carbocycles. The second kappa shape index (κ2) is 18.6. The van der Waals surface area contributed by atoms with Gasteiger partial charge in [-0.15, -0.1) is 12.8 Å². The normalized spacial score (nSPS) is 7.87. The highest BCUT2D eigenvalue weighted by atomic mass is 14.4. The fourth-order valence-corrected chi connectivity index (χ4v) is 3.55. The van der Waals surface area contributed by atoms with Crippen molar-refractivity contribution in [3.63, 3.8) is 0 Å². The lowest BCUT2D eigenvalue weighted by Crippen LogP contribution is -2.20. The van der Waals surface area contributed by atoms with Crippen LogP contribution in [0, 0.1) is 190 Å². The summed E-state index contributed by atoms with van der Waals surface area (Å²) in [6.07, 6.45) is 9.99. The van der Waals surface area contributed by atoms with Gasteiger partial charge in [-0.2, -0.15) is 0 Å². The molecule has 0 nitrogen and oxygen atoms in total. The van der Waals surface area contributed by atoms with Gasteiger partial charge in [0, 0.05) is 0 Å². The lowest BCUT2D eigenvalue weighted by Gasteiger charge is -2.19. The molecule has 0 aromatic heterocycles. The first-order valence-electron chi connectivity index (χ1n) is 12.5. The molecule has 2 aromatic rings. The van der Waals surface area contributed by atoms with E-state index in [2.05, 4.69) is 178 Å². The molecule has 0 radical (unpaired) electrons. The Labute approximate surface area is 266 Å². The minimum absolute atomic E-state index is 0.945. The maximum atomic E-state index is 4.99. The van der Waals surface area contributed by atoms with E-state index in [0.717, 1.165) is 22.3 Å². The van der Waals surface area contributed by atoms with E-state index in [4.69, 9.17) is 12.8 Å². The molecular weight excluding hydrogens is 540 g/mol. The van der Waals surface area contributed by atoms with E-state index in [1.165, 1.54) is 0 Å². The Kier molecular flexibility index (Phi) is 12.8. The molecule has 0 aliphatic heterocycles. The van der Waals surface area contributed by atoms with Crippen LogP contribution in [-0.2, 0) is 5.41 Å². The summed E-state index contributed by atoms with van der Waals surface area (Å²) >= 11 is 0. The molecule has 0 saturated heterocycles. The molecule has 190 valence electrons. The van der Waals surface area contributed by atoms with Gasteiger partial charge in [0.1, 0.15) is 5.41 Å². The highest BCUT2D eigenvalue weighted by molar-refractivity contribution is 5.86. The van der Waals surface area contributed by atoms with Crippen molar-refractivity contribution in [2.24, 2.45) is 0 Å². The Morgan fingerprint density at radius 1 is 0.311 bits per heavy atom. The summed E-state index contributed by atoms with van der Waals surface area (Å²) in [4.78, 5) is 0. The Hall–Kier alpha value is -8.60. The topological polar surface area (TPSA) is 0 Å². The van der Waals surface area contributed by atoms with Crippen LogP contribution in [0.3, 0.4) is 0 Å². The number of hydrogen-bond acceptors (Lipinski definition) is 0.